The van der Waals surface area contributed by atoms with Gasteiger partial charge in [0.15, 0.2) is 11.6 Å². The van der Waals surface area contributed by atoms with Crippen LogP contribution in [0, 0.1) is 5.41 Å². The molecular weight excluding hydrogens is 392 g/mol. The number of anilines is 1. The summed E-state index contributed by atoms with van der Waals surface area (Å²) in [5.41, 5.74) is 3.29. The molecule has 2 aromatic carbocycles. The van der Waals surface area contributed by atoms with Gasteiger partial charge in [-0.2, -0.15) is 4.98 Å². The van der Waals surface area contributed by atoms with Crippen LogP contribution < -0.4 is 10.1 Å². The number of methoxy groups -OCH3 is 1. The Morgan fingerprint density at radius 1 is 1.10 bits per heavy atom. The monoisotopic (exact) mass is 416 g/mol. The maximum absolute atomic E-state index is 13.3. The van der Waals surface area contributed by atoms with Crippen molar-refractivity contribution in [3.8, 4) is 22.9 Å². The van der Waals surface area contributed by atoms with E-state index in [0.29, 0.717) is 18.2 Å². The van der Waals surface area contributed by atoms with Crippen molar-refractivity contribution < 1.29 is 14.6 Å². The van der Waals surface area contributed by atoms with Crippen molar-refractivity contribution in [2.45, 2.75) is 32.7 Å². The average Bonchev–Trinajstić information content (AvgIpc) is 3.15. The summed E-state index contributed by atoms with van der Waals surface area (Å²) >= 11 is 0. The standard InChI is InChI=1S/C24H24N4O3/c1-24(2)12-18-20(19(30)13-24)21(14-6-10-17(31-3)11-7-14)28-23(25-18)26-22(27-28)15-4-8-16(29)9-5-15/h4-11,21,29H,12-13H2,1-3H3,(H,25,26,27). The molecule has 0 saturated carbocycles. The van der Waals surface area contributed by atoms with Gasteiger partial charge in [0.05, 0.1) is 7.11 Å². The molecule has 1 aromatic heterocycles. The molecule has 0 amide bonds. The number of hydrogen-bond acceptors (Lipinski definition) is 6. The van der Waals surface area contributed by atoms with Gasteiger partial charge < -0.3 is 15.2 Å². The van der Waals surface area contributed by atoms with Crippen LogP contribution in [0.15, 0.2) is 59.8 Å². The predicted molar refractivity (Wildman–Crippen MR) is 117 cm³/mol. The van der Waals surface area contributed by atoms with Crippen molar-refractivity contribution in [2.24, 2.45) is 5.41 Å². The highest BCUT2D eigenvalue weighted by molar-refractivity contribution is 6.00. The molecule has 7 nitrogen and oxygen atoms in total. The summed E-state index contributed by atoms with van der Waals surface area (Å²) in [7, 11) is 1.63. The minimum absolute atomic E-state index is 0.116. The first kappa shape index (κ1) is 19.4. The van der Waals surface area contributed by atoms with Crippen molar-refractivity contribution in [2.75, 3.05) is 12.4 Å². The van der Waals surface area contributed by atoms with Crippen LogP contribution in [0.3, 0.4) is 0 Å². The summed E-state index contributed by atoms with van der Waals surface area (Å²) in [6, 6.07) is 14.1. The van der Waals surface area contributed by atoms with Crippen molar-refractivity contribution in [1.82, 2.24) is 14.8 Å². The number of Topliss-reactive ketones (excluding diaryl/α,β-unsaturated/α-hetero) is 1. The van der Waals surface area contributed by atoms with Gasteiger partial charge in [-0.25, -0.2) is 4.68 Å². The van der Waals surface area contributed by atoms with Crippen molar-refractivity contribution in [3.05, 3.63) is 65.4 Å². The lowest BCUT2D eigenvalue weighted by molar-refractivity contribution is -0.118. The Labute approximate surface area is 180 Å². The average molecular weight is 416 g/mol. The highest BCUT2D eigenvalue weighted by Crippen LogP contribution is 2.45. The lowest BCUT2D eigenvalue weighted by Gasteiger charge is -2.38. The van der Waals surface area contributed by atoms with E-state index in [1.165, 1.54) is 0 Å². The molecule has 0 saturated heterocycles. The molecule has 2 heterocycles. The number of aromatic hydroxyl groups is 1. The Morgan fingerprint density at radius 2 is 1.81 bits per heavy atom. The molecule has 1 aliphatic heterocycles. The highest BCUT2D eigenvalue weighted by atomic mass is 16.5. The molecule has 31 heavy (non-hydrogen) atoms. The number of benzene rings is 2. The lowest BCUT2D eigenvalue weighted by Crippen LogP contribution is -2.36. The van der Waals surface area contributed by atoms with Gasteiger partial charge in [0.2, 0.25) is 5.95 Å². The number of carbonyl (C=O) groups is 1. The third-order valence-corrected chi connectivity index (χ3v) is 5.89. The molecule has 3 aromatic rings. The van der Waals surface area contributed by atoms with E-state index in [-0.39, 0.29) is 23.0 Å². The number of phenols is 1. The Balaban J connectivity index is 1.66. The SMILES string of the molecule is COc1ccc(C2C3=C(CC(C)(C)CC3=O)Nc3nc(-c4ccc(O)cc4)nn32)cc1. The second-order valence-corrected chi connectivity index (χ2v) is 8.88. The van der Waals surface area contributed by atoms with Crippen LogP contribution in [-0.2, 0) is 4.79 Å². The van der Waals surface area contributed by atoms with Crippen molar-refractivity contribution in [3.63, 3.8) is 0 Å². The first-order chi connectivity index (χ1) is 14.8. The number of aromatic nitrogens is 3. The van der Waals surface area contributed by atoms with Crippen LogP contribution in [0.2, 0.25) is 0 Å². The smallest absolute Gasteiger partial charge is 0.226 e. The van der Waals surface area contributed by atoms with Crippen molar-refractivity contribution >= 4 is 11.7 Å². The minimum atomic E-state index is -0.362. The Kier molecular flexibility index (Phi) is 4.36. The fourth-order valence-corrected chi connectivity index (χ4v) is 4.44. The van der Waals surface area contributed by atoms with Gasteiger partial charge in [0, 0.05) is 23.3 Å². The number of phenolic OH excluding ortho intramolecular Hbond substituents is 1. The normalized spacial score (nSPS) is 19.5. The summed E-state index contributed by atoms with van der Waals surface area (Å²) in [6.07, 6.45) is 1.26. The second kappa shape index (κ2) is 6.97. The van der Waals surface area contributed by atoms with E-state index in [4.69, 9.17) is 14.8 Å². The van der Waals surface area contributed by atoms with Gasteiger partial charge >= 0.3 is 0 Å². The van der Waals surface area contributed by atoms with E-state index >= 15 is 0 Å². The van der Waals surface area contributed by atoms with Crippen LogP contribution >= 0.6 is 0 Å². The minimum Gasteiger partial charge on any atom is -0.508 e. The number of rotatable bonds is 3. The molecule has 1 atom stereocenters. The first-order valence-electron chi connectivity index (χ1n) is 10.3. The number of fused-ring (bicyclic) bond motifs is 1. The Hall–Kier alpha value is -3.61. The topological polar surface area (TPSA) is 89.3 Å². The molecule has 0 radical (unpaired) electrons. The van der Waals surface area contributed by atoms with Gasteiger partial charge in [-0.1, -0.05) is 26.0 Å². The van der Waals surface area contributed by atoms with Crippen LogP contribution in [0.5, 0.6) is 11.5 Å². The highest BCUT2D eigenvalue weighted by Gasteiger charge is 2.41. The van der Waals surface area contributed by atoms with Crippen LogP contribution in [-0.4, -0.2) is 32.8 Å². The second-order valence-electron chi connectivity index (χ2n) is 8.88. The summed E-state index contributed by atoms with van der Waals surface area (Å²) in [5.74, 6) is 2.21. The molecular formula is C24H24N4O3. The molecule has 1 aliphatic carbocycles. The fourth-order valence-electron chi connectivity index (χ4n) is 4.44. The molecule has 1 unspecified atom stereocenters. The van der Waals surface area contributed by atoms with Crippen LogP contribution in [0.1, 0.15) is 38.3 Å². The molecule has 158 valence electrons. The number of ketones is 1. The fraction of sp³-hybridized carbons (Fsp3) is 0.292. The first-order valence-corrected chi connectivity index (χ1v) is 10.3. The van der Waals surface area contributed by atoms with E-state index in [9.17, 15) is 9.90 Å². The van der Waals surface area contributed by atoms with E-state index in [1.807, 2.05) is 24.3 Å². The molecule has 2 N–H and O–H groups in total. The molecule has 7 heteroatoms. The summed E-state index contributed by atoms with van der Waals surface area (Å²) in [5, 5.41) is 17.7. The van der Waals surface area contributed by atoms with Gasteiger partial charge in [-0.3, -0.25) is 4.79 Å². The quantitative estimate of drug-likeness (QED) is 0.661. The van der Waals surface area contributed by atoms with Gasteiger partial charge in [-0.05, 0) is 53.8 Å². The zero-order valence-electron chi connectivity index (χ0n) is 17.7. The zero-order chi connectivity index (χ0) is 21.8. The van der Waals surface area contributed by atoms with Crippen LogP contribution in [0.4, 0.5) is 5.95 Å². The van der Waals surface area contributed by atoms with E-state index < -0.39 is 0 Å². The van der Waals surface area contributed by atoms with Crippen molar-refractivity contribution in [1.29, 1.82) is 0 Å². The van der Waals surface area contributed by atoms with E-state index in [2.05, 4.69) is 19.2 Å². The summed E-state index contributed by atoms with van der Waals surface area (Å²) < 4.78 is 7.10. The predicted octanol–water partition coefficient (Wildman–Crippen LogP) is 4.32. The van der Waals surface area contributed by atoms with E-state index in [1.54, 1.807) is 36.1 Å². The molecule has 0 fully saturated rings. The maximum atomic E-state index is 13.3. The summed E-state index contributed by atoms with van der Waals surface area (Å²) in [6.45, 7) is 4.22. The molecule has 0 bridgehead atoms. The molecule has 0 spiro atoms. The number of nitrogens with zero attached hydrogens (tertiary/aromatic N) is 3. The number of ether oxygens (including phenoxy) is 1. The van der Waals surface area contributed by atoms with Gasteiger partial charge in [-0.15, -0.1) is 5.10 Å². The maximum Gasteiger partial charge on any atom is 0.226 e. The van der Waals surface area contributed by atoms with Gasteiger partial charge in [0.1, 0.15) is 17.5 Å². The van der Waals surface area contributed by atoms with Crippen LogP contribution in [0.25, 0.3) is 11.4 Å². The third-order valence-electron chi connectivity index (χ3n) is 5.89. The number of hydrogen-bond donors (Lipinski definition) is 2. The molecule has 5 rings (SSSR count). The Morgan fingerprint density at radius 3 is 2.48 bits per heavy atom. The Bertz CT molecular complexity index is 1190. The summed E-state index contributed by atoms with van der Waals surface area (Å²) in [4.78, 5) is 18.0. The van der Waals surface area contributed by atoms with Gasteiger partial charge in [0.25, 0.3) is 0 Å². The number of allylic oxidation sites excluding steroid dienone is 2. The number of carbonyl (C=O) groups excluding carboxylic acids is 1. The zero-order valence-corrected chi connectivity index (χ0v) is 17.7. The largest absolute Gasteiger partial charge is 0.508 e. The number of nitrogens with one attached hydrogen (secondary N) is 1. The lowest BCUT2D eigenvalue weighted by atomic mass is 9.73. The van der Waals surface area contributed by atoms with E-state index in [0.717, 1.165) is 34.6 Å². The third kappa shape index (κ3) is 3.36. The molecule has 2 aliphatic rings.